The lowest BCUT2D eigenvalue weighted by molar-refractivity contribution is -0.122. The smallest absolute Gasteiger partial charge is 0.232 e. The third kappa shape index (κ3) is 7.54. The molecule has 6 heteroatoms. The van der Waals surface area contributed by atoms with Crippen LogP contribution < -0.4 is 9.62 Å². The summed E-state index contributed by atoms with van der Waals surface area (Å²) in [6.07, 6.45) is 2.79. The van der Waals surface area contributed by atoms with E-state index in [9.17, 15) is 13.2 Å². The molecule has 29 heavy (non-hydrogen) atoms. The molecule has 0 aromatic heterocycles. The van der Waals surface area contributed by atoms with Crippen LogP contribution in [0.1, 0.15) is 50.3 Å². The van der Waals surface area contributed by atoms with Crippen molar-refractivity contribution < 1.29 is 13.2 Å². The number of nitrogens with zero attached hydrogens (tertiary/aromatic N) is 1. The average molecular weight is 417 g/mol. The molecule has 0 unspecified atom stereocenters. The molecule has 2 aromatic rings. The third-order valence-corrected chi connectivity index (χ3v) is 5.89. The summed E-state index contributed by atoms with van der Waals surface area (Å²) in [7, 11) is -3.41. The molecule has 0 heterocycles. The van der Waals surface area contributed by atoms with Gasteiger partial charge in [0.2, 0.25) is 15.9 Å². The molecular weight excluding hydrogens is 384 g/mol. The summed E-state index contributed by atoms with van der Waals surface area (Å²) in [5, 5.41) is 3.12. The Labute approximate surface area is 175 Å². The Kier molecular flexibility index (Phi) is 8.26. The zero-order chi connectivity index (χ0) is 21.4. The third-order valence-electron chi connectivity index (χ3n) is 4.70. The van der Waals surface area contributed by atoms with E-state index in [4.69, 9.17) is 0 Å². The van der Waals surface area contributed by atoms with Crippen molar-refractivity contribution in [1.29, 1.82) is 0 Å². The lowest BCUT2D eigenvalue weighted by Gasteiger charge is -2.24. The van der Waals surface area contributed by atoms with Crippen LogP contribution >= 0.6 is 0 Å². The Balaban J connectivity index is 1.99. The van der Waals surface area contributed by atoms with Crippen LogP contribution in [0.25, 0.3) is 0 Å². The number of anilines is 1. The van der Waals surface area contributed by atoms with Crippen molar-refractivity contribution in [3.63, 3.8) is 0 Å². The van der Waals surface area contributed by atoms with E-state index in [1.807, 2.05) is 55.5 Å². The van der Waals surface area contributed by atoms with E-state index in [1.165, 1.54) is 10.6 Å². The van der Waals surface area contributed by atoms with Gasteiger partial charge in [0.15, 0.2) is 0 Å². The number of sulfonamides is 1. The Bertz CT molecular complexity index is 895. The minimum atomic E-state index is -3.41. The summed E-state index contributed by atoms with van der Waals surface area (Å²) in [6, 6.07) is 17.3. The summed E-state index contributed by atoms with van der Waals surface area (Å²) >= 11 is 0. The molecule has 0 saturated carbocycles. The quantitative estimate of drug-likeness (QED) is 0.622. The molecule has 0 fully saturated rings. The molecule has 1 amide bonds. The lowest BCUT2D eigenvalue weighted by atomic mass is 9.97. The summed E-state index contributed by atoms with van der Waals surface area (Å²) < 4.78 is 25.8. The van der Waals surface area contributed by atoms with E-state index in [0.29, 0.717) is 18.0 Å². The van der Waals surface area contributed by atoms with Gasteiger partial charge in [-0.3, -0.25) is 9.10 Å². The summed E-state index contributed by atoms with van der Waals surface area (Å²) in [6.45, 7) is 6.47. The number of benzene rings is 2. The van der Waals surface area contributed by atoms with E-state index in [1.54, 1.807) is 6.07 Å². The largest absolute Gasteiger partial charge is 0.349 e. The lowest BCUT2D eigenvalue weighted by Crippen LogP contribution is -2.33. The van der Waals surface area contributed by atoms with Crippen molar-refractivity contribution in [3.05, 3.63) is 65.7 Å². The zero-order valence-corrected chi connectivity index (χ0v) is 18.6. The monoisotopic (exact) mass is 416 g/mol. The van der Waals surface area contributed by atoms with Gasteiger partial charge < -0.3 is 5.32 Å². The van der Waals surface area contributed by atoms with Crippen molar-refractivity contribution in [3.8, 4) is 0 Å². The fourth-order valence-corrected chi connectivity index (χ4v) is 4.31. The molecule has 0 bridgehead atoms. The standard InChI is InChI=1S/C23H32N2O3S/c1-18(2)16-22(20-11-6-5-7-12-20)24-23(26)14-9-15-25(29(4,27)28)21-13-8-10-19(3)17-21/h5-8,10-13,17-18,22H,9,14-16H2,1-4H3,(H,24,26)/t22-/m1/s1. The van der Waals surface area contributed by atoms with Gasteiger partial charge in [0.1, 0.15) is 0 Å². The van der Waals surface area contributed by atoms with Crippen molar-refractivity contribution in [2.45, 2.75) is 46.1 Å². The SMILES string of the molecule is Cc1cccc(N(CCCC(=O)N[C@H](CC(C)C)c2ccccc2)S(C)(=O)=O)c1. The highest BCUT2D eigenvalue weighted by molar-refractivity contribution is 7.92. The van der Waals surface area contributed by atoms with Gasteiger partial charge in [0.25, 0.3) is 0 Å². The van der Waals surface area contributed by atoms with E-state index >= 15 is 0 Å². The minimum absolute atomic E-state index is 0.0357. The molecule has 2 aromatic carbocycles. The van der Waals surface area contributed by atoms with Gasteiger partial charge in [-0.05, 0) is 48.9 Å². The number of nitrogens with one attached hydrogen (secondary N) is 1. The fourth-order valence-electron chi connectivity index (χ4n) is 3.35. The predicted octanol–water partition coefficient (Wildman–Crippen LogP) is 4.44. The molecular formula is C23H32N2O3S. The second-order valence-corrected chi connectivity index (χ2v) is 9.84. The normalized spacial score (nSPS) is 12.6. The van der Waals surface area contributed by atoms with Gasteiger partial charge in [-0.15, -0.1) is 0 Å². The van der Waals surface area contributed by atoms with E-state index in [-0.39, 0.29) is 24.9 Å². The van der Waals surface area contributed by atoms with Crippen molar-refractivity contribution in [1.82, 2.24) is 5.32 Å². The van der Waals surface area contributed by atoms with Crippen molar-refractivity contribution >= 4 is 21.6 Å². The second-order valence-electron chi connectivity index (χ2n) is 7.94. The van der Waals surface area contributed by atoms with Crippen LogP contribution in [0.15, 0.2) is 54.6 Å². The van der Waals surface area contributed by atoms with E-state index < -0.39 is 10.0 Å². The van der Waals surface area contributed by atoms with Crippen LogP contribution in [0.2, 0.25) is 0 Å². The molecule has 0 radical (unpaired) electrons. The maximum atomic E-state index is 12.6. The maximum absolute atomic E-state index is 12.6. The highest BCUT2D eigenvalue weighted by Crippen LogP contribution is 2.22. The fraction of sp³-hybridized carbons (Fsp3) is 0.435. The minimum Gasteiger partial charge on any atom is -0.349 e. The molecule has 1 atom stereocenters. The first kappa shape index (κ1) is 22.9. The molecule has 158 valence electrons. The Hall–Kier alpha value is -2.34. The molecule has 0 spiro atoms. The van der Waals surface area contributed by atoms with Crippen LogP contribution in [0, 0.1) is 12.8 Å². The van der Waals surface area contributed by atoms with Crippen LogP contribution in [0.5, 0.6) is 0 Å². The summed E-state index contributed by atoms with van der Waals surface area (Å²) in [5.74, 6) is 0.389. The summed E-state index contributed by atoms with van der Waals surface area (Å²) in [4.78, 5) is 12.6. The first-order chi connectivity index (χ1) is 13.7. The molecule has 0 saturated heterocycles. The number of hydrogen-bond acceptors (Lipinski definition) is 3. The highest BCUT2D eigenvalue weighted by atomic mass is 32.2. The Morgan fingerprint density at radius 3 is 2.34 bits per heavy atom. The van der Waals surface area contributed by atoms with Crippen molar-refractivity contribution in [2.75, 3.05) is 17.1 Å². The Morgan fingerprint density at radius 2 is 1.76 bits per heavy atom. The number of carbonyl (C=O) groups is 1. The highest BCUT2D eigenvalue weighted by Gasteiger charge is 2.19. The molecule has 1 N–H and O–H groups in total. The van der Waals surface area contributed by atoms with Crippen LogP contribution in [0.4, 0.5) is 5.69 Å². The first-order valence-electron chi connectivity index (χ1n) is 10.1. The molecule has 0 aliphatic rings. The van der Waals surface area contributed by atoms with Gasteiger partial charge in [0, 0.05) is 13.0 Å². The predicted molar refractivity (Wildman–Crippen MR) is 119 cm³/mol. The van der Waals surface area contributed by atoms with Crippen LogP contribution in [0.3, 0.4) is 0 Å². The first-order valence-corrected chi connectivity index (χ1v) is 11.9. The van der Waals surface area contributed by atoms with Gasteiger partial charge in [0.05, 0.1) is 18.0 Å². The molecule has 0 aliphatic heterocycles. The average Bonchev–Trinajstić information content (AvgIpc) is 2.64. The number of rotatable bonds is 10. The zero-order valence-electron chi connectivity index (χ0n) is 17.8. The van der Waals surface area contributed by atoms with Gasteiger partial charge in [-0.25, -0.2) is 8.42 Å². The van der Waals surface area contributed by atoms with Crippen LogP contribution in [-0.2, 0) is 14.8 Å². The maximum Gasteiger partial charge on any atom is 0.232 e. The number of amides is 1. The molecule has 0 aliphatic carbocycles. The number of hydrogen-bond donors (Lipinski definition) is 1. The summed E-state index contributed by atoms with van der Waals surface area (Å²) in [5.41, 5.74) is 2.72. The Morgan fingerprint density at radius 1 is 1.07 bits per heavy atom. The molecule has 5 nitrogen and oxygen atoms in total. The van der Waals surface area contributed by atoms with Crippen LogP contribution in [-0.4, -0.2) is 27.1 Å². The number of aryl methyl sites for hydroxylation is 1. The van der Waals surface area contributed by atoms with Gasteiger partial charge in [-0.1, -0.05) is 56.3 Å². The second kappa shape index (κ2) is 10.4. The topological polar surface area (TPSA) is 66.5 Å². The van der Waals surface area contributed by atoms with Gasteiger partial charge >= 0.3 is 0 Å². The van der Waals surface area contributed by atoms with E-state index in [2.05, 4.69) is 19.2 Å². The van der Waals surface area contributed by atoms with E-state index in [0.717, 1.165) is 17.5 Å². The molecule has 2 rings (SSSR count). The van der Waals surface area contributed by atoms with Gasteiger partial charge in [-0.2, -0.15) is 0 Å². The number of carbonyl (C=O) groups excluding carboxylic acids is 1. The van der Waals surface area contributed by atoms with Crippen molar-refractivity contribution in [2.24, 2.45) is 5.92 Å².